The molecule has 2 amide bonds. The van der Waals surface area contributed by atoms with Gasteiger partial charge in [0.15, 0.2) is 0 Å². The van der Waals surface area contributed by atoms with Gasteiger partial charge in [-0.1, -0.05) is 18.2 Å². The molecule has 3 aromatic rings. The van der Waals surface area contributed by atoms with Crippen LogP contribution in [0.15, 0.2) is 36.4 Å². The topological polar surface area (TPSA) is 125 Å². The summed E-state index contributed by atoms with van der Waals surface area (Å²) in [5, 5.41) is 7.06. The Morgan fingerprint density at radius 3 is 2.71 bits per heavy atom. The molecule has 4 rings (SSSR count). The minimum absolute atomic E-state index is 0.0209. The van der Waals surface area contributed by atoms with Crippen LogP contribution in [0.25, 0.3) is 11.3 Å². The van der Waals surface area contributed by atoms with E-state index in [2.05, 4.69) is 10.4 Å². The van der Waals surface area contributed by atoms with Crippen LogP contribution in [0.5, 0.6) is 0 Å². The molecule has 2 heterocycles. The van der Waals surface area contributed by atoms with E-state index < -0.39 is 23.4 Å². The lowest BCUT2D eigenvalue weighted by atomic mass is 10.0. The molecule has 1 saturated heterocycles. The highest BCUT2D eigenvalue weighted by atomic mass is 19.1. The molecule has 1 atom stereocenters. The zero-order chi connectivity index (χ0) is 24.4. The summed E-state index contributed by atoms with van der Waals surface area (Å²) in [5.41, 5.74) is 13.2. The molecule has 0 spiro atoms. The van der Waals surface area contributed by atoms with Gasteiger partial charge in [0.25, 0.3) is 11.8 Å². The average Bonchev–Trinajstić information content (AvgIpc) is 3.17. The number of aryl methyl sites for hydroxylation is 1. The lowest BCUT2D eigenvalue weighted by molar-refractivity contribution is 0.0558. The van der Waals surface area contributed by atoms with Crippen molar-refractivity contribution in [1.29, 1.82) is 0 Å². The number of amides is 2. The van der Waals surface area contributed by atoms with Gasteiger partial charge in [-0.05, 0) is 43.5 Å². The van der Waals surface area contributed by atoms with E-state index in [0.717, 1.165) is 18.9 Å². The second kappa shape index (κ2) is 9.60. The summed E-state index contributed by atoms with van der Waals surface area (Å²) >= 11 is 0. The van der Waals surface area contributed by atoms with E-state index in [0.29, 0.717) is 24.3 Å². The van der Waals surface area contributed by atoms with Crippen LogP contribution >= 0.6 is 0 Å². The third-order valence-electron chi connectivity index (χ3n) is 5.89. The average molecular weight is 469 g/mol. The molecule has 8 nitrogen and oxygen atoms in total. The predicted molar refractivity (Wildman–Crippen MR) is 122 cm³/mol. The first kappa shape index (κ1) is 23.4. The molecule has 34 heavy (non-hydrogen) atoms. The number of hydrogen-bond donors (Lipinski definition) is 3. The molecule has 0 saturated carbocycles. The van der Waals surface area contributed by atoms with Crippen molar-refractivity contribution in [3.05, 3.63) is 70.3 Å². The Balaban J connectivity index is 1.57. The molecular weight excluding hydrogens is 444 g/mol. The lowest BCUT2D eigenvalue weighted by Crippen LogP contribution is -2.24. The largest absolute Gasteiger partial charge is 0.383 e. The number of rotatable bonds is 6. The molecule has 1 aliphatic heterocycles. The summed E-state index contributed by atoms with van der Waals surface area (Å²) in [6.07, 6.45) is 1.61. The van der Waals surface area contributed by atoms with Gasteiger partial charge >= 0.3 is 0 Å². The number of primary amides is 1. The number of anilines is 1. The second-order valence-corrected chi connectivity index (χ2v) is 8.24. The fourth-order valence-electron chi connectivity index (χ4n) is 4.03. The maximum absolute atomic E-state index is 14.9. The summed E-state index contributed by atoms with van der Waals surface area (Å²) in [6, 6.07) is 8.02. The standard InChI is InChI=1S/C24H25F2N5O3/c1-13-4-7-16(25)10-18(13)24(33)29-11-15-6-5-14(9-19(15)26)21-20(23(28)32)22(27)31(30-21)17-3-2-8-34-12-17/h4-7,9-10,17H,2-3,8,11-12,27H2,1H3,(H2,28,32)(H,29,33). The van der Waals surface area contributed by atoms with Crippen molar-refractivity contribution < 1.29 is 23.1 Å². The zero-order valence-corrected chi connectivity index (χ0v) is 18.6. The fourth-order valence-corrected chi connectivity index (χ4v) is 4.03. The summed E-state index contributed by atoms with van der Waals surface area (Å²) in [4.78, 5) is 24.5. The summed E-state index contributed by atoms with van der Waals surface area (Å²) in [5.74, 6) is -2.32. The van der Waals surface area contributed by atoms with Crippen LogP contribution in [-0.2, 0) is 11.3 Å². The lowest BCUT2D eigenvalue weighted by Gasteiger charge is -2.23. The van der Waals surface area contributed by atoms with Crippen LogP contribution in [0.3, 0.4) is 0 Å². The number of nitrogens with two attached hydrogens (primary N) is 2. The van der Waals surface area contributed by atoms with Crippen LogP contribution < -0.4 is 16.8 Å². The monoisotopic (exact) mass is 469 g/mol. The number of carbonyl (C=O) groups is 2. The molecule has 2 aromatic carbocycles. The highest BCUT2D eigenvalue weighted by Crippen LogP contribution is 2.32. The van der Waals surface area contributed by atoms with Crippen molar-refractivity contribution in [3.8, 4) is 11.3 Å². The SMILES string of the molecule is Cc1ccc(F)cc1C(=O)NCc1ccc(-c2nn(C3CCCOC3)c(N)c2C(N)=O)cc1F. The van der Waals surface area contributed by atoms with Gasteiger partial charge in [0.1, 0.15) is 28.7 Å². The van der Waals surface area contributed by atoms with Crippen molar-refractivity contribution in [2.75, 3.05) is 18.9 Å². The number of nitrogen functional groups attached to an aromatic ring is 1. The van der Waals surface area contributed by atoms with E-state index in [4.69, 9.17) is 16.2 Å². The highest BCUT2D eigenvalue weighted by molar-refractivity contribution is 6.03. The Bertz CT molecular complexity index is 1250. The Labute approximate surface area is 194 Å². The van der Waals surface area contributed by atoms with Gasteiger partial charge in [-0.25, -0.2) is 13.5 Å². The van der Waals surface area contributed by atoms with Crippen LogP contribution in [0.4, 0.5) is 14.6 Å². The number of aromatic nitrogens is 2. The number of hydrogen-bond acceptors (Lipinski definition) is 5. The van der Waals surface area contributed by atoms with Crippen molar-refractivity contribution in [2.24, 2.45) is 5.73 Å². The van der Waals surface area contributed by atoms with E-state index >= 15 is 0 Å². The molecule has 5 N–H and O–H groups in total. The Kier molecular flexibility index (Phi) is 6.60. The van der Waals surface area contributed by atoms with Gasteiger partial charge in [-0.2, -0.15) is 5.10 Å². The third-order valence-corrected chi connectivity index (χ3v) is 5.89. The Hall–Kier alpha value is -3.79. The summed E-state index contributed by atoms with van der Waals surface area (Å²) in [6.45, 7) is 2.63. The quantitative estimate of drug-likeness (QED) is 0.512. The summed E-state index contributed by atoms with van der Waals surface area (Å²) < 4.78 is 35.4. The Morgan fingerprint density at radius 2 is 2.03 bits per heavy atom. The molecule has 10 heteroatoms. The van der Waals surface area contributed by atoms with Gasteiger partial charge in [-0.15, -0.1) is 0 Å². The van der Waals surface area contributed by atoms with E-state index in [-0.39, 0.29) is 40.8 Å². The first-order valence-electron chi connectivity index (χ1n) is 10.8. The minimum Gasteiger partial charge on any atom is -0.383 e. The maximum Gasteiger partial charge on any atom is 0.254 e. The first-order chi connectivity index (χ1) is 16.3. The number of nitrogens with zero attached hydrogens (tertiary/aromatic N) is 2. The molecule has 0 aliphatic carbocycles. The number of carbonyl (C=O) groups excluding carboxylic acids is 2. The van der Waals surface area contributed by atoms with Crippen LogP contribution in [0.2, 0.25) is 0 Å². The van der Waals surface area contributed by atoms with Gasteiger partial charge in [0, 0.05) is 29.8 Å². The normalized spacial score (nSPS) is 15.8. The molecule has 178 valence electrons. The zero-order valence-electron chi connectivity index (χ0n) is 18.6. The minimum atomic E-state index is -0.766. The fraction of sp³-hybridized carbons (Fsp3) is 0.292. The number of nitrogens with one attached hydrogen (secondary N) is 1. The first-order valence-corrected chi connectivity index (χ1v) is 10.8. The van der Waals surface area contributed by atoms with Crippen LogP contribution in [-0.4, -0.2) is 34.8 Å². The van der Waals surface area contributed by atoms with Gasteiger partial charge in [0.2, 0.25) is 0 Å². The van der Waals surface area contributed by atoms with Gasteiger partial charge in [-0.3, -0.25) is 9.59 Å². The van der Waals surface area contributed by atoms with E-state index in [1.807, 2.05) is 0 Å². The molecule has 1 fully saturated rings. The van der Waals surface area contributed by atoms with Crippen molar-refractivity contribution >= 4 is 17.6 Å². The number of ether oxygens (including phenoxy) is 1. The molecule has 1 unspecified atom stereocenters. The van der Waals surface area contributed by atoms with Crippen molar-refractivity contribution in [1.82, 2.24) is 15.1 Å². The molecular formula is C24H25F2N5O3. The van der Waals surface area contributed by atoms with Crippen LogP contribution in [0.1, 0.15) is 50.7 Å². The van der Waals surface area contributed by atoms with Crippen LogP contribution in [0, 0.1) is 18.6 Å². The predicted octanol–water partition coefficient (Wildman–Crippen LogP) is 3.10. The number of benzene rings is 2. The maximum atomic E-state index is 14.9. The third kappa shape index (κ3) is 4.62. The molecule has 1 aromatic heterocycles. The summed E-state index contributed by atoms with van der Waals surface area (Å²) in [7, 11) is 0. The second-order valence-electron chi connectivity index (χ2n) is 8.24. The van der Waals surface area contributed by atoms with Gasteiger partial charge < -0.3 is 21.5 Å². The smallest absolute Gasteiger partial charge is 0.254 e. The molecule has 0 bridgehead atoms. The highest BCUT2D eigenvalue weighted by Gasteiger charge is 2.27. The van der Waals surface area contributed by atoms with E-state index in [1.54, 1.807) is 13.0 Å². The van der Waals surface area contributed by atoms with Gasteiger partial charge in [0.05, 0.1) is 12.6 Å². The number of halogens is 2. The van der Waals surface area contributed by atoms with E-state index in [9.17, 15) is 18.4 Å². The van der Waals surface area contributed by atoms with Crippen molar-refractivity contribution in [3.63, 3.8) is 0 Å². The van der Waals surface area contributed by atoms with Crippen molar-refractivity contribution in [2.45, 2.75) is 32.4 Å². The Morgan fingerprint density at radius 1 is 1.24 bits per heavy atom. The molecule has 1 aliphatic rings. The van der Waals surface area contributed by atoms with E-state index in [1.165, 1.54) is 28.9 Å². The molecule has 0 radical (unpaired) electrons.